The number of nitrogens with zero attached hydrogens (tertiary/aromatic N) is 2. The lowest BCUT2D eigenvalue weighted by atomic mass is 9.93. The first kappa shape index (κ1) is 34.8. The van der Waals surface area contributed by atoms with Gasteiger partial charge in [0.2, 0.25) is 0 Å². The highest BCUT2D eigenvalue weighted by Gasteiger charge is 2.15. The summed E-state index contributed by atoms with van der Waals surface area (Å²) in [6.45, 7) is 10.4. The van der Waals surface area contributed by atoms with Crippen LogP contribution in [0.3, 0.4) is 0 Å². The van der Waals surface area contributed by atoms with Crippen molar-refractivity contribution in [1.82, 2.24) is 9.97 Å². The topological polar surface area (TPSA) is 104 Å². The van der Waals surface area contributed by atoms with E-state index in [0.29, 0.717) is 6.42 Å². The number of methoxy groups -OCH3 is 2. The summed E-state index contributed by atoms with van der Waals surface area (Å²) in [6, 6.07) is 16.2. The molecule has 7 heteroatoms. The zero-order valence-electron chi connectivity index (χ0n) is 25.6. The van der Waals surface area contributed by atoms with Gasteiger partial charge in [-0.15, -0.1) is 0 Å². The SMILES string of the molecule is C.COC(=O)C[C@@H](C)c1cncc(-c2c(C)cccc2C)c1.COC(=O)C[C@@H](N)c1cncc(-c2c(C)cccc2C)c1. The molecular weight excluding hydrogens is 538 g/mol. The van der Waals surface area contributed by atoms with Crippen molar-refractivity contribution in [2.24, 2.45) is 5.73 Å². The fraction of sp³-hybridized carbons (Fsp3) is 0.333. The lowest BCUT2D eigenvalue weighted by Crippen LogP contribution is -2.16. The Balaban J connectivity index is 0.000000293. The summed E-state index contributed by atoms with van der Waals surface area (Å²) < 4.78 is 9.39. The molecule has 43 heavy (non-hydrogen) atoms. The molecule has 2 N–H and O–H groups in total. The van der Waals surface area contributed by atoms with E-state index in [1.165, 1.54) is 42.0 Å². The Morgan fingerprint density at radius 2 is 1.09 bits per heavy atom. The zero-order chi connectivity index (χ0) is 30.8. The number of aromatic nitrogens is 2. The summed E-state index contributed by atoms with van der Waals surface area (Å²) in [5.74, 6) is -0.422. The second-order valence-electron chi connectivity index (χ2n) is 10.6. The van der Waals surface area contributed by atoms with Crippen LogP contribution in [0, 0.1) is 27.7 Å². The van der Waals surface area contributed by atoms with Gasteiger partial charge in [0.1, 0.15) is 0 Å². The molecule has 2 aromatic heterocycles. The average molecular weight is 584 g/mol. The molecule has 0 unspecified atom stereocenters. The molecule has 0 spiro atoms. The van der Waals surface area contributed by atoms with Crippen LogP contribution >= 0.6 is 0 Å². The first-order chi connectivity index (χ1) is 20.0. The van der Waals surface area contributed by atoms with E-state index in [-0.39, 0.29) is 31.7 Å². The third-order valence-corrected chi connectivity index (χ3v) is 7.37. The number of carbonyl (C=O) groups is 2. The smallest absolute Gasteiger partial charge is 0.307 e. The van der Waals surface area contributed by atoms with E-state index in [2.05, 4.69) is 78.8 Å². The first-order valence-electron chi connectivity index (χ1n) is 14.0. The molecule has 4 aromatic rings. The van der Waals surface area contributed by atoms with Crippen LogP contribution in [0.25, 0.3) is 22.3 Å². The minimum atomic E-state index is -0.408. The first-order valence-corrected chi connectivity index (χ1v) is 14.0. The van der Waals surface area contributed by atoms with E-state index in [0.717, 1.165) is 27.8 Å². The number of aryl methyl sites for hydroxylation is 4. The van der Waals surface area contributed by atoms with Crippen LogP contribution in [0.2, 0.25) is 0 Å². The molecule has 228 valence electrons. The summed E-state index contributed by atoms with van der Waals surface area (Å²) in [5, 5.41) is 0. The molecule has 0 amide bonds. The second-order valence-corrected chi connectivity index (χ2v) is 10.6. The van der Waals surface area contributed by atoms with Crippen LogP contribution in [0.4, 0.5) is 0 Å². The van der Waals surface area contributed by atoms with Crippen molar-refractivity contribution in [3.8, 4) is 22.3 Å². The fourth-order valence-corrected chi connectivity index (χ4v) is 5.03. The van der Waals surface area contributed by atoms with Crippen molar-refractivity contribution in [2.45, 2.75) is 66.8 Å². The largest absolute Gasteiger partial charge is 0.469 e. The van der Waals surface area contributed by atoms with Gasteiger partial charge in [0.05, 0.1) is 27.1 Å². The number of rotatable bonds is 8. The normalized spacial score (nSPS) is 11.7. The highest BCUT2D eigenvalue weighted by Crippen LogP contribution is 2.30. The predicted molar refractivity (Wildman–Crippen MR) is 174 cm³/mol. The Labute approximate surface area is 256 Å². The van der Waals surface area contributed by atoms with Crippen molar-refractivity contribution < 1.29 is 19.1 Å². The van der Waals surface area contributed by atoms with Crippen LogP contribution in [0.5, 0.6) is 0 Å². The molecule has 0 aliphatic rings. The van der Waals surface area contributed by atoms with Crippen molar-refractivity contribution in [3.05, 3.63) is 107 Å². The van der Waals surface area contributed by atoms with E-state index in [1.54, 1.807) is 6.20 Å². The summed E-state index contributed by atoms with van der Waals surface area (Å²) in [4.78, 5) is 31.4. The molecule has 2 aromatic carbocycles. The Morgan fingerprint density at radius 1 is 0.698 bits per heavy atom. The van der Waals surface area contributed by atoms with Gasteiger partial charge >= 0.3 is 11.9 Å². The maximum Gasteiger partial charge on any atom is 0.307 e. The van der Waals surface area contributed by atoms with Gasteiger partial charge in [-0.05, 0) is 90.3 Å². The molecule has 0 fully saturated rings. The average Bonchev–Trinajstić information content (AvgIpc) is 2.97. The van der Waals surface area contributed by atoms with Gasteiger partial charge in [0.25, 0.3) is 0 Å². The van der Waals surface area contributed by atoms with E-state index < -0.39 is 6.04 Å². The number of benzene rings is 2. The van der Waals surface area contributed by atoms with Crippen molar-refractivity contribution in [2.75, 3.05) is 14.2 Å². The van der Waals surface area contributed by atoms with E-state index in [9.17, 15) is 9.59 Å². The lowest BCUT2D eigenvalue weighted by molar-refractivity contribution is -0.141. The Morgan fingerprint density at radius 3 is 1.53 bits per heavy atom. The summed E-state index contributed by atoms with van der Waals surface area (Å²) in [6.07, 6.45) is 7.74. The molecule has 0 saturated heterocycles. The van der Waals surface area contributed by atoms with Gasteiger partial charge in [-0.2, -0.15) is 0 Å². The minimum absolute atomic E-state index is 0. The molecule has 0 aliphatic carbocycles. The summed E-state index contributed by atoms with van der Waals surface area (Å²) in [7, 11) is 2.78. The molecule has 2 atom stereocenters. The van der Waals surface area contributed by atoms with Crippen LogP contribution in [0.15, 0.2) is 73.3 Å². The molecule has 0 aliphatic heterocycles. The molecule has 4 rings (SSSR count). The Kier molecular flexibility index (Phi) is 13.2. The van der Waals surface area contributed by atoms with Crippen molar-refractivity contribution in [3.63, 3.8) is 0 Å². The van der Waals surface area contributed by atoms with Gasteiger partial charge in [-0.3, -0.25) is 19.6 Å². The van der Waals surface area contributed by atoms with Crippen molar-refractivity contribution in [1.29, 1.82) is 0 Å². The van der Waals surface area contributed by atoms with E-state index in [4.69, 9.17) is 10.5 Å². The van der Waals surface area contributed by atoms with Crippen LogP contribution < -0.4 is 5.73 Å². The number of esters is 2. The van der Waals surface area contributed by atoms with Gasteiger partial charge < -0.3 is 15.2 Å². The van der Waals surface area contributed by atoms with Crippen molar-refractivity contribution >= 4 is 11.9 Å². The molecular formula is C36H45N3O4. The number of pyridine rings is 2. The third kappa shape index (κ3) is 9.32. The monoisotopic (exact) mass is 583 g/mol. The fourth-order valence-electron chi connectivity index (χ4n) is 5.03. The maximum atomic E-state index is 11.4. The van der Waals surface area contributed by atoms with Crippen LogP contribution in [-0.2, 0) is 19.1 Å². The molecule has 0 radical (unpaired) electrons. The zero-order valence-corrected chi connectivity index (χ0v) is 25.6. The second kappa shape index (κ2) is 16.3. The molecule has 2 heterocycles. The van der Waals surface area contributed by atoms with Crippen LogP contribution in [-0.4, -0.2) is 36.1 Å². The number of nitrogens with two attached hydrogens (primary N) is 1. The van der Waals surface area contributed by atoms with E-state index >= 15 is 0 Å². The minimum Gasteiger partial charge on any atom is -0.469 e. The highest BCUT2D eigenvalue weighted by molar-refractivity contribution is 5.73. The number of hydrogen-bond acceptors (Lipinski definition) is 7. The standard InChI is InChI=1S/C18H21NO2.C17H20N2O2.CH4/c1-12-6-5-7-13(2)18(12)16-9-15(10-19-11-16)14(3)8-17(20)21-4;1-11-5-4-6-12(2)17(11)14-7-13(9-19-10-14)15(18)8-16(20)21-3;/h5-7,9-11,14H,8H2,1-4H3;4-7,9-10,15H,8,18H2,1-3H3;1H4/t14-;15-;/m11./s1. The highest BCUT2D eigenvalue weighted by atomic mass is 16.5. The number of hydrogen-bond donors (Lipinski definition) is 1. The Hall–Kier alpha value is -4.36. The lowest BCUT2D eigenvalue weighted by Gasteiger charge is -2.14. The van der Waals surface area contributed by atoms with E-state index in [1.807, 2.05) is 37.6 Å². The predicted octanol–water partition coefficient (Wildman–Crippen LogP) is 7.60. The van der Waals surface area contributed by atoms with Gasteiger partial charge in [0, 0.05) is 42.0 Å². The summed E-state index contributed by atoms with van der Waals surface area (Å²) in [5.41, 5.74) is 17.3. The summed E-state index contributed by atoms with van der Waals surface area (Å²) >= 11 is 0. The number of ether oxygens (including phenoxy) is 2. The van der Waals surface area contributed by atoms with Gasteiger partial charge in [-0.1, -0.05) is 50.7 Å². The van der Waals surface area contributed by atoms with Gasteiger partial charge in [0.15, 0.2) is 0 Å². The Bertz CT molecular complexity index is 1380. The maximum absolute atomic E-state index is 11.4. The third-order valence-electron chi connectivity index (χ3n) is 7.37. The number of carbonyl (C=O) groups excluding carboxylic acids is 2. The molecule has 0 bridgehead atoms. The quantitative estimate of drug-likeness (QED) is 0.213. The molecule has 0 saturated carbocycles. The van der Waals surface area contributed by atoms with Gasteiger partial charge in [-0.25, -0.2) is 0 Å². The molecule has 7 nitrogen and oxygen atoms in total. The van der Waals surface area contributed by atoms with Crippen LogP contribution in [0.1, 0.15) is 72.5 Å².